The summed E-state index contributed by atoms with van der Waals surface area (Å²) in [4.78, 5) is 4.68. The second-order valence-electron chi connectivity index (χ2n) is 4.24. The van der Waals surface area contributed by atoms with Gasteiger partial charge in [0.25, 0.3) is 0 Å². The van der Waals surface area contributed by atoms with Crippen molar-refractivity contribution in [2.24, 2.45) is 0 Å². The molecule has 17 heavy (non-hydrogen) atoms. The molecule has 0 spiro atoms. The lowest BCUT2D eigenvalue weighted by atomic mass is 10.1. The van der Waals surface area contributed by atoms with Gasteiger partial charge >= 0.3 is 0 Å². The average molecular weight is 246 g/mol. The molecule has 2 aromatic rings. The van der Waals surface area contributed by atoms with Crippen LogP contribution in [0.3, 0.4) is 0 Å². The minimum atomic E-state index is 0.859. The summed E-state index contributed by atoms with van der Waals surface area (Å²) < 4.78 is 0. The molecule has 0 saturated heterocycles. The minimum Gasteiger partial charge on any atom is -0.311 e. The molecule has 0 bridgehead atoms. The molecule has 0 aliphatic rings. The Morgan fingerprint density at radius 1 is 1.29 bits per heavy atom. The third-order valence-electron chi connectivity index (χ3n) is 2.73. The van der Waals surface area contributed by atoms with Crippen LogP contribution >= 0.6 is 11.3 Å². The van der Waals surface area contributed by atoms with Crippen molar-refractivity contribution in [3.05, 3.63) is 40.4 Å². The molecule has 90 valence electrons. The van der Waals surface area contributed by atoms with E-state index in [0.29, 0.717) is 0 Å². The molecule has 0 aliphatic heterocycles. The van der Waals surface area contributed by atoms with E-state index in [9.17, 15) is 0 Å². The van der Waals surface area contributed by atoms with Crippen LogP contribution in [0.5, 0.6) is 0 Å². The zero-order valence-corrected chi connectivity index (χ0v) is 11.4. The standard InChI is InChI=1S/C14H18N2S/c1-4-15-8-12-9-17-14(16-12)13-7-10(2)5-6-11(13)3/h5-7,9,15H,4,8H2,1-3H3. The van der Waals surface area contributed by atoms with Gasteiger partial charge in [0, 0.05) is 17.5 Å². The number of benzene rings is 1. The first-order valence-corrected chi connectivity index (χ1v) is 6.81. The number of nitrogens with one attached hydrogen (secondary N) is 1. The summed E-state index contributed by atoms with van der Waals surface area (Å²) in [5.41, 5.74) is 4.97. The fourth-order valence-corrected chi connectivity index (χ4v) is 2.63. The van der Waals surface area contributed by atoms with E-state index in [0.717, 1.165) is 23.8 Å². The molecule has 1 heterocycles. The zero-order valence-electron chi connectivity index (χ0n) is 10.6. The number of rotatable bonds is 4. The number of thiazole rings is 1. The SMILES string of the molecule is CCNCc1csc(-c2cc(C)ccc2C)n1. The molecule has 0 radical (unpaired) electrons. The van der Waals surface area contributed by atoms with Gasteiger partial charge in [-0.2, -0.15) is 0 Å². The Morgan fingerprint density at radius 2 is 2.12 bits per heavy atom. The van der Waals surface area contributed by atoms with Gasteiger partial charge in [0.15, 0.2) is 0 Å². The Kier molecular flexibility index (Phi) is 3.92. The first-order chi connectivity index (χ1) is 8.20. The highest BCUT2D eigenvalue weighted by molar-refractivity contribution is 7.13. The van der Waals surface area contributed by atoms with E-state index in [1.165, 1.54) is 16.7 Å². The van der Waals surface area contributed by atoms with Crippen LogP contribution in [0.1, 0.15) is 23.7 Å². The Bertz CT molecular complexity index is 503. The molecule has 0 amide bonds. The predicted octanol–water partition coefficient (Wildman–Crippen LogP) is 3.54. The van der Waals surface area contributed by atoms with Gasteiger partial charge < -0.3 is 5.32 Å². The van der Waals surface area contributed by atoms with Crippen molar-refractivity contribution in [3.63, 3.8) is 0 Å². The van der Waals surface area contributed by atoms with Crippen LogP contribution in [0, 0.1) is 13.8 Å². The van der Waals surface area contributed by atoms with Gasteiger partial charge in [0.1, 0.15) is 5.01 Å². The van der Waals surface area contributed by atoms with Crippen LogP contribution < -0.4 is 5.32 Å². The van der Waals surface area contributed by atoms with Crippen molar-refractivity contribution in [2.75, 3.05) is 6.54 Å². The van der Waals surface area contributed by atoms with Crippen molar-refractivity contribution in [1.29, 1.82) is 0 Å². The summed E-state index contributed by atoms with van der Waals surface area (Å²) in [6.07, 6.45) is 0. The zero-order chi connectivity index (χ0) is 12.3. The Morgan fingerprint density at radius 3 is 2.88 bits per heavy atom. The maximum Gasteiger partial charge on any atom is 0.123 e. The van der Waals surface area contributed by atoms with Crippen LogP contribution in [0.25, 0.3) is 10.6 Å². The molecule has 1 aromatic heterocycles. The molecule has 2 rings (SSSR count). The van der Waals surface area contributed by atoms with Crippen LogP contribution in [0.4, 0.5) is 0 Å². The molecule has 1 N–H and O–H groups in total. The fourth-order valence-electron chi connectivity index (χ4n) is 1.73. The molecule has 0 atom stereocenters. The topological polar surface area (TPSA) is 24.9 Å². The summed E-state index contributed by atoms with van der Waals surface area (Å²) in [7, 11) is 0. The second-order valence-corrected chi connectivity index (χ2v) is 5.10. The predicted molar refractivity (Wildman–Crippen MR) is 74.4 cm³/mol. The molecule has 0 aliphatic carbocycles. The third-order valence-corrected chi connectivity index (χ3v) is 3.66. The van der Waals surface area contributed by atoms with E-state index in [1.54, 1.807) is 11.3 Å². The lowest BCUT2D eigenvalue weighted by Crippen LogP contribution is -2.11. The van der Waals surface area contributed by atoms with E-state index in [-0.39, 0.29) is 0 Å². The first-order valence-electron chi connectivity index (χ1n) is 5.93. The van der Waals surface area contributed by atoms with Crippen molar-refractivity contribution in [3.8, 4) is 10.6 Å². The maximum atomic E-state index is 4.68. The highest BCUT2D eigenvalue weighted by Gasteiger charge is 2.07. The van der Waals surface area contributed by atoms with E-state index >= 15 is 0 Å². The summed E-state index contributed by atoms with van der Waals surface area (Å²) in [5, 5.41) is 6.56. The molecule has 2 nitrogen and oxygen atoms in total. The van der Waals surface area contributed by atoms with Gasteiger partial charge in [0.2, 0.25) is 0 Å². The van der Waals surface area contributed by atoms with Crippen LogP contribution in [-0.2, 0) is 6.54 Å². The van der Waals surface area contributed by atoms with Crippen LogP contribution in [-0.4, -0.2) is 11.5 Å². The maximum absolute atomic E-state index is 4.68. The normalized spacial score (nSPS) is 10.8. The van der Waals surface area contributed by atoms with Gasteiger partial charge in [0.05, 0.1) is 5.69 Å². The minimum absolute atomic E-state index is 0.859. The van der Waals surface area contributed by atoms with E-state index in [1.807, 2.05) is 0 Å². The van der Waals surface area contributed by atoms with E-state index in [2.05, 4.69) is 54.7 Å². The largest absolute Gasteiger partial charge is 0.311 e. The summed E-state index contributed by atoms with van der Waals surface area (Å²) in [5.74, 6) is 0. The molecule has 3 heteroatoms. The monoisotopic (exact) mass is 246 g/mol. The van der Waals surface area contributed by atoms with Crippen molar-refractivity contribution < 1.29 is 0 Å². The number of aromatic nitrogens is 1. The smallest absolute Gasteiger partial charge is 0.123 e. The van der Waals surface area contributed by atoms with Gasteiger partial charge in [-0.25, -0.2) is 4.98 Å². The summed E-state index contributed by atoms with van der Waals surface area (Å²) >= 11 is 1.72. The highest BCUT2D eigenvalue weighted by atomic mass is 32.1. The number of aryl methyl sites for hydroxylation is 2. The van der Waals surface area contributed by atoms with E-state index < -0.39 is 0 Å². The number of hydrogen-bond acceptors (Lipinski definition) is 3. The van der Waals surface area contributed by atoms with E-state index in [4.69, 9.17) is 0 Å². The quantitative estimate of drug-likeness (QED) is 0.892. The molecule has 0 unspecified atom stereocenters. The number of hydrogen-bond donors (Lipinski definition) is 1. The molecule has 0 saturated carbocycles. The van der Waals surface area contributed by atoms with Gasteiger partial charge in [-0.15, -0.1) is 11.3 Å². The summed E-state index contributed by atoms with van der Waals surface area (Å²) in [6, 6.07) is 6.52. The third kappa shape index (κ3) is 2.93. The van der Waals surface area contributed by atoms with Crippen LogP contribution in [0.15, 0.2) is 23.6 Å². The average Bonchev–Trinajstić information content (AvgIpc) is 2.78. The van der Waals surface area contributed by atoms with Crippen molar-refractivity contribution >= 4 is 11.3 Å². The molecular weight excluding hydrogens is 228 g/mol. The molecule has 0 fully saturated rings. The summed E-state index contributed by atoms with van der Waals surface area (Å²) in [6.45, 7) is 8.21. The highest BCUT2D eigenvalue weighted by Crippen LogP contribution is 2.27. The first kappa shape index (κ1) is 12.3. The molecule has 1 aromatic carbocycles. The Hall–Kier alpha value is -1.19. The van der Waals surface area contributed by atoms with Crippen molar-refractivity contribution in [2.45, 2.75) is 27.3 Å². The van der Waals surface area contributed by atoms with Gasteiger partial charge in [-0.05, 0) is 32.0 Å². The lowest BCUT2D eigenvalue weighted by molar-refractivity contribution is 0.715. The second kappa shape index (κ2) is 5.43. The fraction of sp³-hybridized carbons (Fsp3) is 0.357. The van der Waals surface area contributed by atoms with Gasteiger partial charge in [-0.3, -0.25) is 0 Å². The van der Waals surface area contributed by atoms with Crippen molar-refractivity contribution in [1.82, 2.24) is 10.3 Å². The van der Waals surface area contributed by atoms with Gasteiger partial charge in [-0.1, -0.05) is 24.6 Å². The Labute approximate surface area is 107 Å². The van der Waals surface area contributed by atoms with Crippen LogP contribution in [0.2, 0.25) is 0 Å². The number of nitrogens with zero attached hydrogens (tertiary/aromatic N) is 1. The lowest BCUT2D eigenvalue weighted by Gasteiger charge is -2.03. The molecular formula is C14H18N2S. The Balaban J connectivity index is 2.27.